The number of carbonyl (C=O) groups excluding carboxylic acids is 3. The van der Waals surface area contributed by atoms with Gasteiger partial charge in [0.2, 0.25) is 5.60 Å². The number of fused-ring (bicyclic) bond motifs is 6. The molecule has 2 saturated heterocycles. The largest absolute Gasteiger partial charge is 0.496 e. The maximum atomic E-state index is 15.3. The average molecular weight is 826 g/mol. The number of nitrogens with one attached hydrogen (secondary N) is 1. The summed E-state index contributed by atoms with van der Waals surface area (Å²) < 4.78 is 23.6. The maximum Gasteiger partial charge on any atom is 0.344 e. The normalized spacial score (nSPS) is 36.5. The summed E-state index contributed by atoms with van der Waals surface area (Å²) in [6, 6.07) is 9.69. The Morgan fingerprint density at radius 2 is 1.73 bits per heavy atom. The second kappa shape index (κ2) is 14.1. The molecule has 2 aromatic carbocycles. The van der Waals surface area contributed by atoms with Crippen LogP contribution in [0.4, 0.5) is 5.69 Å². The molecule has 0 amide bonds. The molecule has 1 aromatic heterocycles. The van der Waals surface area contributed by atoms with Crippen LogP contribution in [0.15, 0.2) is 53.8 Å². The Hall–Kier alpha value is -4.83. The number of para-hydroxylation sites is 1. The highest BCUT2D eigenvalue weighted by atomic mass is 16.6. The molecule has 1 spiro atoms. The fourth-order valence-electron chi connectivity index (χ4n) is 13.3. The molecule has 1 saturated carbocycles. The average Bonchev–Trinajstić information content (AvgIpc) is 3.92. The molecule has 320 valence electrons. The van der Waals surface area contributed by atoms with Gasteiger partial charge in [-0.25, -0.2) is 9.80 Å². The van der Waals surface area contributed by atoms with Gasteiger partial charge in [0.05, 0.1) is 37.9 Å². The number of esters is 3. The van der Waals surface area contributed by atoms with Crippen LogP contribution in [0.25, 0.3) is 10.9 Å². The Morgan fingerprint density at radius 3 is 2.42 bits per heavy atom. The van der Waals surface area contributed by atoms with Crippen molar-refractivity contribution in [2.24, 2.45) is 16.6 Å². The fourth-order valence-corrected chi connectivity index (χ4v) is 13.3. The van der Waals surface area contributed by atoms with Gasteiger partial charge in [0, 0.05) is 78.2 Å². The standard InChI is InChI=1S/C45H55N5O10/c1-7-41(54)22-27-23-44(39(52)58-5,35-29(14-18-48(24-27)25-41)28-12-9-10-13-32(28)46-35)31-20-30-33(21-34(31)57-4)50(47-56)37-43(30)16-19-49-17-11-15-42(8-2,36(43)49)38(60-26(3)51)45(37,55)40(53)59-6/h9-13,15,20-21,27,36-38,46,54-55H,7-8,14,16-19,22-25H2,1-6H3/t27-,36+,37-,38-,41+,42-,43-,44+,45+/m1/s1. The third-order valence-electron chi connectivity index (χ3n) is 15.4. The fraction of sp³-hybridized carbons (Fsp3) is 0.578. The van der Waals surface area contributed by atoms with Crippen molar-refractivity contribution < 1.29 is 43.5 Å². The van der Waals surface area contributed by atoms with Gasteiger partial charge in [-0.2, -0.15) is 0 Å². The summed E-state index contributed by atoms with van der Waals surface area (Å²) in [7, 11) is 4.04. The summed E-state index contributed by atoms with van der Waals surface area (Å²) in [5.41, 5.74) is -3.57. The molecule has 5 aliphatic heterocycles. The first-order valence-corrected chi connectivity index (χ1v) is 21.1. The van der Waals surface area contributed by atoms with Gasteiger partial charge in [-0.05, 0) is 74.2 Å². The molecule has 3 aromatic rings. The number of nitrogens with zero attached hydrogens (tertiary/aromatic N) is 4. The van der Waals surface area contributed by atoms with E-state index in [-0.39, 0.29) is 18.1 Å². The van der Waals surface area contributed by atoms with Crippen LogP contribution in [-0.2, 0) is 45.8 Å². The zero-order valence-electron chi connectivity index (χ0n) is 35.2. The van der Waals surface area contributed by atoms with E-state index >= 15 is 4.79 Å². The highest BCUT2D eigenvalue weighted by Gasteiger charge is 2.81. The number of carbonyl (C=O) groups is 3. The molecule has 10 atom stereocenters. The first kappa shape index (κ1) is 40.6. The minimum Gasteiger partial charge on any atom is -0.496 e. The van der Waals surface area contributed by atoms with Gasteiger partial charge < -0.3 is 34.1 Å². The van der Waals surface area contributed by atoms with Crippen LogP contribution in [0.2, 0.25) is 0 Å². The SMILES string of the molecule is CC[C@]1(O)C[C@H]2CN(CCc3c([nH]c4ccccc34)[C@@](C(=O)OC)(c3cc4c(cc3OC)N(N=O)[C@H]3[C@@](O)(C(=O)OC)[C@H](OC(C)=O)[C@]5(CC)C=CCN6CC[C@]43[C@@H]65)C2)C1. The van der Waals surface area contributed by atoms with Gasteiger partial charge >= 0.3 is 17.9 Å². The maximum absolute atomic E-state index is 15.3. The number of benzene rings is 2. The number of aromatic amines is 1. The zero-order valence-corrected chi connectivity index (χ0v) is 35.2. The number of hydrogen-bond donors (Lipinski definition) is 3. The summed E-state index contributed by atoms with van der Waals surface area (Å²) in [4.78, 5) is 64.4. The predicted molar refractivity (Wildman–Crippen MR) is 220 cm³/mol. The van der Waals surface area contributed by atoms with Gasteiger partial charge in [0.15, 0.2) is 6.10 Å². The van der Waals surface area contributed by atoms with Crippen LogP contribution in [0.1, 0.15) is 75.3 Å². The van der Waals surface area contributed by atoms with E-state index in [9.17, 15) is 24.7 Å². The Morgan fingerprint density at radius 1 is 0.967 bits per heavy atom. The van der Waals surface area contributed by atoms with Gasteiger partial charge in [-0.15, -0.1) is 4.91 Å². The number of piperidine rings is 1. The number of rotatable bonds is 8. The number of aliphatic hydroxyl groups is 2. The van der Waals surface area contributed by atoms with Gasteiger partial charge in [-0.3, -0.25) is 19.4 Å². The lowest BCUT2D eigenvalue weighted by atomic mass is 9.47. The predicted octanol–water partition coefficient (Wildman–Crippen LogP) is 4.04. The molecule has 1 unspecified atom stereocenters. The Kier molecular flexibility index (Phi) is 9.54. The van der Waals surface area contributed by atoms with Crippen LogP contribution >= 0.6 is 0 Å². The van der Waals surface area contributed by atoms with Crippen molar-refractivity contribution in [2.75, 3.05) is 59.1 Å². The number of anilines is 1. The van der Waals surface area contributed by atoms with E-state index in [2.05, 4.69) is 26.1 Å². The number of aromatic nitrogens is 1. The number of methoxy groups -OCH3 is 3. The highest BCUT2D eigenvalue weighted by Crippen LogP contribution is 2.68. The lowest BCUT2D eigenvalue weighted by molar-refractivity contribution is -0.228. The van der Waals surface area contributed by atoms with Crippen molar-refractivity contribution in [3.05, 3.63) is 75.8 Å². The third-order valence-corrected chi connectivity index (χ3v) is 15.4. The van der Waals surface area contributed by atoms with Gasteiger partial charge in [0.25, 0.3) is 0 Å². The van der Waals surface area contributed by atoms with Crippen molar-refractivity contribution >= 4 is 34.5 Å². The van der Waals surface area contributed by atoms with E-state index in [1.54, 1.807) is 6.07 Å². The second-order valence-corrected chi connectivity index (χ2v) is 18.0. The molecule has 6 aliphatic rings. The van der Waals surface area contributed by atoms with E-state index in [4.69, 9.17) is 18.9 Å². The first-order chi connectivity index (χ1) is 28.8. The number of H-pyrrole nitrogens is 1. The first-order valence-electron chi connectivity index (χ1n) is 21.1. The lowest BCUT2D eigenvalue weighted by Crippen LogP contribution is -2.81. The molecular weight excluding hydrogens is 771 g/mol. The summed E-state index contributed by atoms with van der Waals surface area (Å²) in [6.07, 6.45) is 5.04. The zero-order chi connectivity index (χ0) is 42.6. The summed E-state index contributed by atoms with van der Waals surface area (Å²) in [5.74, 6) is -2.19. The lowest BCUT2D eigenvalue weighted by Gasteiger charge is -2.62. The minimum absolute atomic E-state index is 0.168. The van der Waals surface area contributed by atoms with E-state index in [0.717, 1.165) is 28.6 Å². The molecule has 15 heteroatoms. The van der Waals surface area contributed by atoms with Crippen molar-refractivity contribution in [1.29, 1.82) is 0 Å². The monoisotopic (exact) mass is 825 g/mol. The van der Waals surface area contributed by atoms with Crippen molar-refractivity contribution in [1.82, 2.24) is 14.8 Å². The van der Waals surface area contributed by atoms with E-state index in [1.807, 2.05) is 50.3 Å². The molecule has 9 rings (SSSR count). The topological polar surface area (TPSA) is 184 Å². The molecule has 0 radical (unpaired) electrons. The van der Waals surface area contributed by atoms with Crippen LogP contribution in [0, 0.1) is 16.2 Å². The molecule has 6 heterocycles. The highest BCUT2D eigenvalue weighted by molar-refractivity contribution is 5.95. The smallest absolute Gasteiger partial charge is 0.344 e. The van der Waals surface area contributed by atoms with E-state index in [1.165, 1.54) is 21.1 Å². The Bertz CT molecular complexity index is 2310. The van der Waals surface area contributed by atoms with Gasteiger partial charge in [-0.1, -0.05) is 44.2 Å². The van der Waals surface area contributed by atoms with Crippen molar-refractivity contribution in [2.45, 2.75) is 99.5 Å². The molecule has 15 nitrogen and oxygen atoms in total. The van der Waals surface area contributed by atoms with Crippen LogP contribution in [0.5, 0.6) is 5.75 Å². The van der Waals surface area contributed by atoms with Crippen LogP contribution in [0.3, 0.4) is 0 Å². The van der Waals surface area contributed by atoms with Crippen molar-refractivity contribution in [3.63, 3.8) is 0 Å². The number of ether oxygens (including phenoxy) is 4. The minimum atomic E-state index is -2.59. The quantitative estimate of drug-likeness (QED) is 0.128. The van der Waals surface area contributed by atoms with Crippen LogP contribution in [-0.4, -0.2) is 126 Å². The molecule has 3 N–H and O–H groups in total. The van der Waals surface area contributed by atoms with Gasteiger partial charge in [0.1, 0.15) is 17.2 Å². The Balaban J connectivity index is 1.38. The molecule has 60 heavy (non-hydrogen) atoms. The molecular formula is C45H55N5O10. The summed E-state index contributed by atoms with van der Waals surface area (Å²) >= 11 is 0. The summed E-state index contributed by atoms with van der Waals surface area (Å²) in [5, 5.41) is 30.9. The van der Waals surface area contributed by atoms with Crippen LogP contribution < -0.4 is 9.75 Å². The van der Waals surface area contributed by atoms with E-state index in [0.29, 0.717) is 87.3 Å². The number of nitroso groups, excluding NO2 is 1. The van der Waals surface area contributed by atoms with Crippen molar-refractivity contribution in [3.8, 4) is 5.75 Å². The Labute approximate surface area is 348 Å². The molecule has 1 aliphatic carbocycles. The molecule has 2 bridgehead atoms. The summed E-state index contributed by atoms with van der Waals surface area (Å²) in [6.45, 7) is 8.05. The number of hydrogen-bond acceptors (Lipinski definition) is 13. The molecule has 3 fully saturated rings. The van der Waals surface area contributed by atoms with E-state index < -0.39 is 63.5 Å². The third kappa shape index (κ3) is 5.18. The second-order valence-electron chi connectivity index (χ2n) is 18.0.